The molecule has 1 aromatic carbocycles. The van der Waals surface area contributed by atoms with Crippen LogP contribution in [0, 0.1) is 34.5 Å². The van der Waals surface area contributed by atoms with E-state index >= 15 is 0 Å². The van der Waals surface area contributed by atoms with Crippen molar-refractivity contribution in [3.8, 4) is 11.1 Å². The third kappa shape index (κ3) is 4.23. The number of carbonyl (C=O) groups excluding carboxylic acids is 2. The molecule has 4 aliphatic carbocycles. The molecular formula is C32H35ClN2O4S. The van der Waals surface area contributed by atoms with Gasteiger partial charge in [0.2, 0.25) is 0 Å². The van der Waals surface area contributed by atoms with Gasteiger partial charge in [-0.25, -0.2) is 9.97 Å². The molecule has 2 N–H and O–H groups in total. The molecule has 3 fully saturated rings. The van der Waals surface area contributed by atoms with Crippen molar-refractivity contribution in [2.45, 2.75) is 63.3 Å². The first-order valence-corrected chi connectivity index (χ1v) is 15.4. The lowest BCUT2D eigenvalue weighted by molar-refractivity contribution is -0.176. The zero-order chi connectivity index (χ0) is 28.4. The average Bonchev–Trinajstić information content (AvgIpc) is 3.20. The molecule has 8 atom stereocenters. The highest BCUT2D eigenvalue weighted by atomic mass is 35.5. The normalized spacial score (nSPS) is 38.3. The van der Waals surface area contributed by atoms with Crippen LogP contribution in [0.5, 0.6) is 0 Å². The summed E-state index contributed by atoms with van der Waals surface area (Å²) < 4.78 is 0. The number of aliphatic hydroxyl groups is 2. The van der Waals surface area contributed by atoms with Gasteiger partial charge in [0, 0.05) is 39.7 Å². The number of benzene rings is 1. The number of hydrogen-bond acceptors (Lipinski definition) is 7. The van der Waals surface area contributed by atoms with Gasteiger partial charge in [0.1, 0.15) is 5.60 Å². The molecule has 0 bridgehead atoms. The summed E-state index contributed by atoms with van der Waals surface area (Å²) in [6.45, 7) is 6.30. The molecule has 5 unspecified atom stereocenters. The molecule has 40 heavy (non-hydrogen) atoms. The standard InChI is InChI=1S/C32H35ClN2O4S/c1-18-12-23-24-9-11-32(39,31(24,3)14-26(37)28(23)30(2)10-8-22(36)13-25(18)30)27(38)17-40-29-34-15-20(16-35-29)19-4-6-21(33)7-5-19/h4-8,10,13,15-16,18,23-24,26,28,37,39H,9,11-12,14,17H2,1-3H3/t18-,23?,24?,26-,28?,30?,31?,32-/m0/s1. The third-order valence-corrected chi connectivity index (χ3v) is 11.7. The second-order valence-electron chi connectivity index (χ2n) is 12.6. The van der Waals surface area contributed by atoms with Crippen molar-refractivity contribution in [2.75, 3.05) is 5.75 Å². The Morgan fingerprint density at radius 1 is 1.15 bits per heavy atom. The SMILES string of the molecule is C[C@H]1CC2C([C@@H](O)CC3(C)C2CC[C@]3(O)C(=O)CSc2ncc(-c3ccc(Cl)cc3)cn2)C2(C)C=CC(=O)C=C12. The largest absolute Gasteiger partial charge is 0.393 e. The zero-order valence-corrected chi connectivity index (χ0v) is 24.6. The minimum absolute atomic E-state index is 0.00912. The van der Waals surface area contributed by atoms with Crippen LogP contribution in [0.4, 0.5) is 0 Å². The van der Waals surface area contributed by atoms with E-state index in [1.165, 1.54) is 11.8 Å². The molecular weight excluding hydrogens is 544 g/mol. The Balaban J connectivity index is 1.19. The predicted molar refractivity (Wildman–Crippen MR) is 156 cm³/mol. The molecule has 6 nitrogen and oxygen atoms in total. The summed E-state index contributed by atoms with van der Waals surface area (Å²) >= 11 is 7.21. The Morgan fingerprint density at radius 2 is 1.85 bits per heavy atom. The van der Waals surface area contributed by atoms with E-state index in [4.69, 9.17) is 11.6 Å². The quantitative estimate of drug-likeness (QED) is 0.346. The van der Waals surface area contributed by atoms with Crippen LogP contribution in [0.25, 0.3) is 11.1 Å². The van der Waals surface area contributed by atoms with Gasteiger partial charge in [-0.3, -0.25) is 9.59 Å². The van der Waals surface area contributed by atoms with E-state index in [-0.39, 0.29) is 41.0 Å². The van der Waals surface area contributed by atoms with Crippen molar-refractivity contribution < 1.29 is 19.8 Å². The van der Waals surface area contributed by atoms with Gasteiger partial charge in [-0.05, 0) is 73.3 Å². The number of aromatic nitrogens is 2. The maximum absolute atomic E-state index is 13.7. The number of rotatable bonds is 5. The van der Waals surface area contributed by atoms with Crippen molar-refractivity contribution in [2.24, 2.45) is 34.5 Å². The first kappa shape index (κ1) is 27.8. The third-order valence-electron chi connectivity index (χ3n) is 10.6. The highest BCUT2D eigenvalue weighted by molar-refractivity contribution is 7.99. The van der Waals surface area contributed by atoms with Crippen molar-refractivity contribution in [1.29, 1.82) is 0 Å². The number of ketones is 2. The van der Waals surface area contributed by atoms with Crippen LogP contribution >= 0.6 is 23.4 Å². The van der Waals surface area contributed by atoms with E-state index in [2.05, 4.69) is 23.8 Å². The van der Waals surface area contributed by atoms with Gasteiger partial charge in [-0.1, -0.05) is 67.9 Å². The smallest absolute Gasteiger partial charge is 0.187 e. The molecule has 1 aromatic heterocycles. The first-order chi connectivity index (χ1) is 19.0. The summed E-state index contributed by atoms with van der Waals surface area (Å²) in [5, 5.41) is 24.8. The fourth-order valence-corrected chi connectivity index (χ4v) is 9.52. The lowest BCUT2D eigenvalue weighted by Gasteiger charge is -2.60. The number of hydrogen-bond donors (Lipinski definition) is 2. The fourth-order valence-electron chi connectivity index (χ4n) is 8.64. The number of aliphatic hydroxyl groups excluding tert-OH is 1. The minimum atomic E-state index is -1.52. The van der Waals surface area contributed by atoms with Crippen LogP contribution in [-0.4, -0.2) is 49.2 Å². The summed E-state index contributed by atoms with van der Waals surface area (Å²) in [5.41, 5.74) is 0.274. The highest BCUT2D eigenvalue weighted by Gasteiger charge is 2.68. The minimum Gasteiger partial charge on any atom is -0.393 e. The molecule has 0 amide bonds. The molecule has 2 aromatic rings. The molecule has 3 saturated carbocycles. The monoisotopic (exact) mass is 578 g/mol. The maximum atomic E-state index is 13.7. The van der Waals surface area contributed by atoms with E-state index in [1.807, 2.05) is 37.3 Å². The van der Waals surface area contributed by atoms with Crippen LogP contribution in [-0.2, 0) is 9.59 Å². The number of halogens is 1. The van der Waals surface area contributed by atoms with Crippen LogP contribution in [0.1, 0.15) is 46.5 Å². The van der Waals surface area contributed by atoms with Crippen LogP contribution in [0.3, 0.4) is 0 Å². The Hall–Kier alpha value is -2.32. The molecule has 1 heterocycles. The lowest BCUT2D eigenvalue weighted by Crippen LogP contribution is -2.62. The Bertz CT molecular complexity index is 1410. The van der Waals surface area contributed by atoms with E-state index in [1.54, 1.807) is 24.5 Å². The Kier molecular flexibility index (Phi) is 6.89. The number of Topliss-reactive ketones (excluding diaryl/α,β-unsaturated/α-hetero) is 1. The van der Waals surface area contributed by atoms with E-state index in [0.29, 0.717) is 23.0 Å². The molecule has 210 valence electrons. The maximum Gasteiger partial charge on any atom is 0.187 e. The van der Waals surface area contributed by atoms with Crippen LogP contribution in [0.15, 0.2) is 65.6 Å². The van der Waals surface area contributed by atoms with Gasteiger partial charge in [-0.15, -0.1) is 0 Å². The van der Waals surface area contributed by atoms with Gasteiger partial charge < -0.3 is 10.2 Å². The topological polar surface area (TPSA) is 100 Å². The van der Waals surface area contributed by atoms with Gasteiger partial charge >= 0.3 is 0 Å². The van der Waals surface area contributed by atoms with E-state index < -0.39 is 22.5 Å². The van der Waals surface area contributed by atoms with Gasteiger partial charge in [0.15, 0.2) is 16.7 Å². The van der Waals surface area contributed by atoms with Crippen molar-refractivity contribution in [1.82, 2.24) is 9.97 Å². The van der Waals surface area contributed by atoms with E-state index in [0.717, 1.165) is 29.5 Å². The number of nitrogens with zero attached hydrogens (tertiary/aromatic N) is 2. The average molecular weight is 579 g/mol. The molecule has 0 spiro atoms. The summed E-state index contributed by atoms with van der Waals surface area (Å²) in [7, 11) is 0. The Labute approximate surface area is 244 Å². The van der Waals surface area contributed by atoms with Gasteiger partial charge in [0.25, 0.3) is 0 Å². The number of thioether (sulfide) groups is 1. The number of fused-ring (bicyclic) bond motifs is 5. The second-order valence-corrected chi connectivity index (χ2v) is 14.0. The zero-order valence-electron chi connectivity index (χ0n) is 23.0. The fraction of sp³-hybridized carbons (Fsp3) is 0.500. The van der Waals surface area contributed by atoms with Crippen molar-refractivity contribution >= 4 is 34.9 Å². The summed E-state index contributed by atoms with van der Waals surface area (Å²) in [6, 6.07) is 7.44. The van der Waals surface area contributed by atoms with Crippen LogP contribution < -0.4 is 0 Å². The molecule has 6 rings (SSSR count). The lowest BCUT2D eigenvalue weighted by atomic mass is 9.45. The summed E-state index contributed by atoms with van der Waals surface area (Å²) in [5.74, 6) is 0.268. The Morgan fingerprint density at radius 3 is 2.55 bits per heavy atom. The molecule has 0 radical (unpaired) electrons. The molecule has 8 heteroatoms. The number of carbonyl (C=O) groups is 2. The highest BCUT2D eigenvalue weighted by Crippen LogP contribution is 2.67. The number of allylic oxidation sites excluding steroid dienone is 4. The summed E-state index contributed by atoms with van der Waals surface area (Å²) in [4.78, 5) is 34.8. The predicted octanol–water partition coefficient (Wildman–Crippen LogP) is 5.71. The summed E-state index contributed by atoms with van der Waals surface area (Å²) in [6.07, 6.45) is 10.5. The van der Waals surface area contributed by atoms with Crippen molar-refractivity contribution in [3.05, 3.63) is 65.5 Å². The van der Waals surface area contributed by atoms with E-state index in [9.17, 15) is 19.8 Å². The second kappa shape index (κ2) is 9.90. The van der Waals surface area contributed by atoms with Gasteiger partial charge in [-0.2, -0.15) is 0 Å². The molecule has 0 saturated heterocycles. The van der Waals surface area contributed by atoms with Crippen molar-refractivity contribution in [3.63, 3.8) is 0 Å². The van der Waals surface area contributed by atoms with Gasteiger partial charge in [0.05, 0.1) is 11.9 Å². The molecule has 0 aliphatic heterocycles. The van der Waals surface area contributed by atoms with Crippen LogP contribution in [0.2, 0.25) is 5.02 Å². The first-order valence-electron chi connectivity index (χ1n) is 14.1. The molecule has 4 aliphatic rings.